The van der Waals surface area contributed by atoms with Crippen LogP contribution in [0.25, 0.3) is 0 Å². The number of nitro groups is 1. The van der Waals surface area contributed by atoms with E-state index in [0.717, 1.165) is 63.2 Å². The van der Waals surface area contributed by atoms with Crippen molar-refractivity contribution in [2.24, 2.45) is 5.92 Å². The highest BCUT2D eigenvalue weighted by atomic mass is 16.6. The smallest absolute Gasteiger partial charge is 0.340 e. The summed E-state index contributed by atoms with van der Waals surface area (Å²) < 4.78 is 13.3. The van der Waals surface area contributed by atoms with E-state index in [-0.39, 0.29) is 23.1 Å². The van der Waals surface area contributed by atoms with Crippen molar-refractivity contribution in [1.82, 2.24) is 4.57 Å². The molecule has 3 heterocycles. The van der Waals surface area contributed by atoms with Crippen LogP contribution >= 0.6 is 0 Å². The number of nitro benzene ring substituents is 1. The molecule has 0 bridgehead atoms. The minimum atomic E-state index is -0.739. The minimum Gasteiger partial charge on any atom is -0.454 e. The molecule has 0 saturated carbocycles. The van der Waals surface area contributed by atoms with Gasteiger partial charge in [0, 0.05) is 55.3 Å². The summed E-state index contributed by atoms with van der Waals surface area (Å²) in [5.74, 6) is -0.519. The number of hydrogen-bond acceptors (Lipinski definition) is 7. The Balaban J connectivity index is 1.26. The number of benzene rings is 2. The lowest BCUT2D eigenvalue weighted by atomic mass is 9.90. The van der Waals surface area contributed by atoms with Crippen molar-refractivity contribution in [3.05, 3.63) is 92.8 Å². The van der Waals surface area contributed by atoms with Gasteiger partial charge in [-0.3, -0.25) is 14.9 Å². The molecular weight excluding hydrogens is 522 g/mol. The summed E-state index contributed by atoms with van der Waals surface area (Å²) in [4.78, 5) is 39.4. The highest BCUT2D eigenvalue weighted by Crippen LogP contribution is 2.31. The standard InChI is InChI=1S/C32H37N3O6/c1-22-17-28(23(2)34(22)20-27-9-6-16-40-27)31(36)21-41-32(37)29-19-26(35(38)39)10-11-30(29)33-14-12-25(13-15-33)18-24-7-4-3-5-8-24/h3-5,7-8,10-11,17,19,25,27H,6,9,12-16,18,20-21H2,1-2H3/t27-/m1/s1. The number of Topliss-reactive ketones (excluding diaryl/α,β-unsaturated/α-hetero) is 1. The van der Waals surface area contributed by atoms with Crippen LogP contribution in [-0.4, -0.2) is 53.7 Å². The first kappa shape index (κ1) is 28.5. The van der Waals surface area contributed by atoms with Crippen molar-refractivity contribution >= 4 is 23.1 Å². The maximum atomic E-state index is 13.3. The molecule has 0 unspecified atom stereocenters. The van der Waals surface area contributed by atoms with Crippen LogP contribution in [0.4, 0.5) is 11.4 Å². The van der Waals surface area contributed by atoms with Crippen LogP contribution in [0, 0.1) is 29.9 Å². The SMILES string of the molecule is Cc1cc(C(=O)COC(=O)c2cc([N+](=O)[O-])ccc2N2CCC(Cc3ccccc3)CC2)c(C)n1C[C@H]1CCCO1. The first-order valence-corrected chi connectivity index (χ1v) is 14.4. The maximum Gasteiger partial charge on any atom is 0.340 e. The number of aryl methyl sites for hydroxylation is 1. The van der Waals surface area contributed by atoms with Crippen LogP contribution in [0.2, 0.25) is 0 Å². The van der Waals surface area contributed by atoms with Crippen molar-refractivity contribution in [3.63, 3.8) is 0 Å². The highest BCUT2D eigenvalue weighted by Gasteiger charge is 2.27. The third-order valence-corrected chi connectivity index (χ3v) is 8.35. The lowest BCUT2D eigenvalue weighted by Gasteiger charge is -2.34. The molecule has 1 aromatic heterocycles. The molecule has 0 radical (unpaired) electrons. The number of rotatable bonds is 10. The molecule has 2 fully saturated rings. The highest BCUT2D eigenvalue weighted by molar-refractivity contribution is 6.02. The Kier molecular flexibility index (Phi) is 8.83. The predicted molar refractivity (Wildman–Crippen MR) is 156 cm³/mol. The third-order valence-electron chi connectivity index (χ3n) is 8.35. The zero-order chi connectivity index (χ0) is 28.9. The average Bonchev–Trinajstić information content (AvgIpc) is 3.60. The molecule has 5 rings (SSSR count). The van der Waals surface area contributed by atoms with Gasteiger partial charge in [-0.05, 0) is 69.6 Å². The van der Waals surface area contributed by atoms with E-state index >= 15 is 0 Å². The van der Waals surface area contributed by atoms with Crippen LogP contribution in [0.5, 0.6) is 0 Å². The van der Waals surface area contributed by atoms with Gasteiger partial charge in [-0.15, -0.1) is 0 Å². The summed E-state index contributed by atoms with van der Waals surface area (Å²) >= 11 is 0. The van der Waals surface area contributed by atoms with Gasteiger partial charge in [0.25, 0.3) is 5.69 Å². The number of ketones is 1. The Hall–Kier alpha value is -3.98. The average molecular weight is 560 g/mol. The van der Waals surface area contributed by atoms with Crippen LogP contribution in [-0.2, 0) is 22.4 Å². The molecule has 9 heteroatoms. The quantitative estimate of drug-likeness (QED) is 0.136. The molecule has 0 aliphatic carbocycles. The molecule has 2 saturated heterocycles. The van der Waals surface area contributed by atoms with Crippen LogP contribution in [0.1, 0.15) is 63.4 Å². The van der Waals surface area contributed by atoms with E-state index in [1.807, 2.05) is 38.1 Å². The van der Waals surface area contributed by atoms with E-state index in [1.54, 1.807) is 6.07 Å². The molecule has 0 N–H and O–H groups in total. The number of ether oxygens (including phenoxy) is 2. The number of hydrogen-bond donors (Lipinski definition) is 0. The van der Waals surface area contributed by atoms with Crippen molar-refractivity contribution in [2.75, 3.05) is 31.2 Å². The Morgan fingerprint density at radius 2 is 1.78 bits per heavy atom. The summed E-state index contributed by atoms with van der Waals surface area (Å²) in [5.41, 5.74) is 4.09. The fraction of sp³-hybridized carbons (Fsp3) is 0.438. The van der Waals surface area contributed by atoms with Gasteiger partial charge in [0.1, 0.15) is 0 Å². The number of nitrogens with zero attached hydrogens (tertiary/aromatic N) is 3. The summed E-state index contributed by atoms with van der Waals surface area (Å²) in [7, 11) is 0. The number of esters is 1. The van der Waals surface area contributed by atoms with E-state index in [4.69, 9.17) is 9.47 Å². The van der Waals surface area contributed by atoms with Gasteiger partial charge in [-0.1, -0.05) is 30.3 Å². The first-order chi connectivity index (χ1) is 19.8. The molecule has 2 aliphatic heterocycles. The number of carbonyl (C=O) groups is 2. The second-order valence-corrected chi connectivity index (χ2v) is 11.1. The molecule has 3 aromatic rings. The van der Waals surface area contributed by atoms with Gasteiger partial charge in [0.05, 0.1) is 22.3 Å². The Morgan fingerprint density at radius 3 is 2.46 bits per heavy atom. The topological polar surface area (TPSA) is 104 Å². The maximum absolute atomic E-state index is 13.3. The lowest BCUT2D eigenvalue weighted by Crippen LogP contribution is -2.35. The lowest BCUT2D eigenvalue weighted by molar-refractivity contribution is -0.384. The zero-order valence-corrected chi connectivity index (χ0v) is 23.7. The Labute approximate surface area is 240 Å². The van der Waals surface area contributed by atoms with Crippen LogP contribution in [0.15, 0.2) is 54.6 Å². The molecule has 41 heavy (non-hydrogen) atoms. The fourth-order valence-corrected chi connectivity index (χ4v) is 6.05. The number of aromatic nitrogens is 1. The number of piperidine rings is 1. The second-order valence-electron chi connectivity index (χ2n) is 11.1. The van der Waals surface area contributed by atoms with Gasteiger partial charge >= 0.3 is 5.97 Å². The molecule has 0 amide bonds. The van der Waals surface area contributed by atoms with E-state index in [0.29, 0.717) is 23.7 Å². The summed E-state index contributed by atoms with van der Waals surface area (Å²) in [5, 5.41) is 11.5. The Bertz CT molecular complexity index is 1400. The molecule has 1 atom stereocenters. The van der Waals surface area contributed by atoms with E-state index in [2.05, 4.69) is 21.6 Å². The van der Waals surface area contributed by atoms with Gasteiger partial charge in [-0.2, -0.15) is 0 Å². The molecule has 9 nitrogen and oxygen atoms in total. The van der Waals surface area contributed by atoms with Gasteiger partial charge < -0.3 is 18.9 Å². The van der Waals surface area contributed by atoms with E-state index < -0.39 is 17.5 Å². The van der Waals surface area contributed by atoms with E-state index in [9.17, 15) is 19.7 Å². The number of carbonyl (C=O) groups excluding carboxylic acids is 2. The molecule has 2 aliphatic rings. The molecular formula is C32H37N3O6. The molecule has 0 spiro atoms. The minimum absolute atomic E-state index is 0.109. The molecule has 216 valence electrons. The van der Waals surface area contributed by atoms with Crippen molar-refractivity contribution in [1.29, 1.82) is 0 Å². The van der Waals surface area contributed by atoms with Crippen molar-refractivity contribution in [3.8, 4) is 0 Å². The summed E-state index contributed by atoms with van der Waals surface area (Å²) in [6.07, 6.45) is 5.06. The molecule has 2 aromatic carbocycles. The van der Waals surface area contributed by atoms with Crippen LogP contribution < -0.4 is 4.90 Å². The monoisotopic (exact) mass is 559 g/mol. The first-order valence-electron chi connectivity index (χ1n) is 14.4. The fourth-order valence-electron chi connectivity index (χ4n) is 6.05. The summed E-state index contributed by atoms with van der Waals surface area (Å²) in [6, 6.07) is 16.5. The second kappa shape index (κ2) is 12.7. The number of non-ortho nitro benzene ring substituents is 1. The van der Waals surface area contributed by atoms with Gasteiger partial charge in [0.15, 0.2) is 6.61 Å². The van der Waals surface area contributed by atoms with Gasteiger partial charge in [0.2, 0.25) is 5.78 Å². The predicted octanol–water partition coefficient (Wildman–Crippen LogP) is 5.69. The van der Waals surface area contributed by atoms with Gasteiger partial charge in [-0.25, -0.2) is 4.79 Å². The normalized spacial score (nSPS) is 17.5. The van der Waals surface area contributed by atoms with Crippen molar-refractivity contribution in [2.45, 2.75) is 58.6 Å². The van der Waals surface area contributed by atoms with E-state index in [1.165, 1.54) is 17.7 Å². The Morgan fingerprint density at radius 1 is 1.02 bits per heavy atom. The zero-order valence-electron chi connectivity index (χ0n) is 23.7. The third kappa shape index (κ3) is 6.68. The van der Waals surface area contributed by atoms with Crippen LogP contribution in [0.3, 0.4) is 0 Å². The summed E-state index contributed by atoms with van der Waals surface area (Å²) in [6.45, 7) is 6.29. The van der Waals surface area contributed by atoms with Crippen molar-refractivity contribution < 1.29 is 24.0 Å². The largest absolute Gasteiger partial charge is 0.454 e. The number of anilines is 1.